The molecule has 1 atom stereocenters. The van der Waals surface area contributed by atoms with Crippen LogP contribution < -0.4 is 5.32 Å². The smallest absolute Gasteiger partial charge is 0.322 e. The summed E-state index contributed by atoms with van der Waals surface area (Å²) in [6.07, 6.45) is 3.82. The van der Waals surface area contributed by atoms with Gasteiger partial charge in [-0.25, -0.2) is 0 Å². The van der Waals surface area contributed by atoms with E-state index in [0.29, 0.717) is 6.54 Å². The van der Waals surface area contributed by atoms with Gasteiger partial charge in [-0.2, -0.15) is 0 Å². The zero-order valence-electron chi connectivity index (χ0n) is 8.41. The van der Waals surface area contributed by atoms with Crippen LogP contribution in [0.4, 0.5) is 0 Å². The average Bonchev–Trinajstić information content (AvgIpc) is 2.19. The van der Waals surface area contributed by atoms with E-state index in [9.17, 15) is 4.79 Å². The van der Waals surface area contributed by atoms with Crippen molar-refractivity contribution >= 4 is 5.97 Å². The Kier molecular flexibility index (Phi) is 4.62. The summed E-state index contributed by atoms with van der Waals surface area (Å²) in [4.78, 5) is 12.9. The molecular formula is C10H18N2O2. The van der Waals surface area contributed by atoms with Crippen LogP contribution in [-0.4, -0.2) is 48.2 Å². The molecule has 80 valence electrons. The number of carboxylic acids is 1. The Morgan fingerprint density at radius 2 is 2.50 bits per heavy atom. The number of aliphatic carboxylic acids is 1. The van der Waals surface area contributed by atoms with E-state index in [1.807, 2.05) is 11.0 Å². The van der Waals surface area contributed by atoms with Gasteiger partial charge in [0.05, 0.1) is 0 Å². The molecule has 1 saturated heterocycles. The Balaban J connectivity index is 2.37. The second-order valence-corrected chi connectivity index (χ2v) is 3.53. The molecule has 1 aliphatic rings. The lowest BCUT2D eigenvalue weighted by atomic mass is 10.1. The number of nitrogens with zero attached hydrogens (tertiary/aromatic N) is 1. The van der Waals surface area contributed by atoms with Gasteiger partial charge in [-0.15, -0.1) is 6.58 Å². The van der Waals surface area contributed by atoms with Crippen LogP contribution in [0.3, 0.4) is 0 Å². The first-order valence-electron chi connectivity index (χ1n) is 5.04. The Morgan fingerprint density at radius 3 is 3.14 bits per heavy atom. The Hall–Kier alpha value is -0.870. The molecule has 0 bridgehead atoms. The van der Waals surface area contributed by atoms with Crippen molar-refractivity contribution < 1.29 is 9.90 Å². The number of rotatable bonds is 5. The van der Waals surface area contributed by atoms with E-state index >= 15 is 0 Å². The maximum Gasteiger partial charge on any atom is 0.322 e. The van der Waals surface area contributed by atoms with Gasteiger partial charge in [0, 0.05) is 19.6 Å². The number of unbranched alkanes of at least 4 members (excludes halogenated alkanes) is 1. The van der Waals surface area contributed by atoms with E-state index in [1.165, 1.54) is 0 Å². The minimum absolute atomic E-state index is 0.353. The first kappa shape index (κ1) is 11.2. The number of nitrogens with one attached hydrogen (secondary N) is 1. The highest BCUT2D eigenvalue weighted by Gasteiger charge is 2.27. The fraction of sp³-hybridized carbons (Fsp3) is 0.700. The fourth-order valence-electron chi connectivity index (χ4n) is 1.70. The highest BCUT2D eigenvalue weighted by Crippen LogP contribution is 2.05. The van der Waals surface area contributed by atoms with Gasteiger partial charge in [0.15, 0.2) is 0 Å². The number of carbonyl (C=O) groups is 1. The molecular weight excluding hydrogens is 180 g/mol. The standard InChI is InChI=1S/C10H18N2O2/c1-2-3-4-6-12-7-5-11-8-9(12)10(13)14/h2,9,11H,1,3-8H2,(H,13,14). The van der Waals surface area contributed by atoms with Gasteiger partial charge in [-0.1, -0.05) is 6.08 Å². The summed E-state index contributed by atoms with van der Waals surface area (Å²) in [6, 6.07) is -0.353. The lowest BCUT2D eigenvalue weighted by molar-refractivity contribution is -0.143. The fourth-order valence-corrected chi connectivity index (χ4v) is 1.70. The Bertz CT molecular complexity index is 206. The molecule has 1 aliphatic heterocycles. The highest BCUT2D eigenvalue weighted by atomic mass is 16.4. The van der Waals surface area contributed by atoms with Crippen molar-refractivity contribution in [1.29, 1.82) is 0 Å². The van der Waals surface area contributed by atoms with Crippen molar-refractivity contribution in [3.8, 4) is 0 Å². The summed E-state index contributed by atoms with van der Waals surface area (Å²) in [5.74, 6) is -0.726. The molecule has 0 aliphatic carbocycles. The van der Waals surface area contributed by atoms with Crippen LogP contribution in [0, 0.1) is 0 Å². The molecule has 1 rings (SSSR count). The highest BCUT2D eigenvalue weighted by molar-refractivity contribution is 5.73. The molecule has 0 aromatic rings. The minimum atomic E-state index is -0.726. The van der Waals surface area contributed by atoms with E-state index in [-0.39, 0.29) is 6.04 Å². The van der Waals surface area contributed by atoms with E-state index in [2.05, 4.69) is 11.9 Å². The second-order valence-electron chi connectivity index (χ2n) is 3.53. The first-order chi connectivity index (χ1) is 6.75. The predicted octanol–water partition coefficient (Wildman–Crippen LogP) is 0.311. The second kappa shape index (κ2) is 5.78. The van der Waals surface area contributed by atoms with Crippen molar-refractivity contribution in [1.82, 2.24) is 10.2 Å². The zero-order chi connectivity index (χ0) is 10.4. The molecule has 4 nitrogen and oxygen atoms in total. The van der Waals surface area contributed by atoms with Gasteiger partial charge in [-0.05, 0) is 19.4 Å². The summed E-state index contributed by atoms with van der Waals surface area (Å²) < 4.78 is 0. The number of hydrogen-bond acceptors (Lipinski definition) is 3. The number of carboxylic acid groups (broad SMARTS) is 1. The third-order valence-corrected chi connectivity index (χ3v) is 2.49. The molecule has 0 saturated carbocycles. The van der Waals surface area contributed by atoms with Crippen molar-refractivity contribution in [2.45, 2.75) is 18.9 Å². The number of piperazine rings is 1. The lowest BCUT2D eigenvalue weighted by Gasteiger charge is -2.33. The molecule has 1 fully saturated rings. The van der Waals surface area contributed by atoms with E-state index < -0.39 is 5.97 Å². The Labute approximate surface area is 84.6 Å². The first-order valence-corrected chi connectivity index (χ1v) is 5.04. The van der Waals surface area contributed by atoms with Gasteiger partial charge in [0.2, 0.25) is 0 Å². The minimum Gasteiger partial charge on any atom is -0.480 e. The van der Waals surface area contributed by atoms with Gasteiger partial charge < -0.3 is 10.4 Å². The molecule has 2 N–H and O–H groups in total. The number of allylic oxidation sites excluding steroid dienone is 1. The van der Waals surface area contributed by atoms with E-state index in [0.717, 1.165) is 32.5 Å². The molecule has 0 aromatic carbocycles. The topological polar surface area (TPSA) is 52.6 Å². The quantitative estimate of drug-likeness (QED) is 0.493. The molecule has 0 amide bonds. The average molecular weight is 198 g/mol. The summed E-state index contributed by atoms with van der Waals surface area (Å²) >= 11 is 0. The summed E-state index contributed by atoms with van der Waals surface area (Å²) in [5, 5.41) is 12.1. The van der Waals surface area contributed by atoms with E-state index in [4.69, 9.17) is 5.11 Å². The van der Waals surface area contributed by atoms with Crippen molar-refractivity contribution in [3.63, 3.8) is 0 Å². The van der Waals surface area contributed by atoms with Crippen LogP contribution in [0.1, 0.15) is 12.8 Å². The van der Waals surface area contributed by atoms with Crippen LogP contribution in [-0.2, 0) is 4.79 Å². The molecule has 0 spiro atoms. The number of hydrogen-bond donors (Lipinski definition) is 2. The maximum atomic E-state index is 10.9. The summed E-state index contributed by atoms with van der Waals surface area (Å²) in [7, 11) is 0. The van der Waals surface area contributed by atoms with Crippen LogP contribution in [0.25, 0.3) is 0 Å². The van der Waals surface area contributed by atoms with Crippen molar-refractivity contribution in [3.05, 3.63) is 12.7 Å². The largest absolute Gasteiger partial charge is 0.480 e. The molecule has 4 heteroatoms. The SMILES string of the molecule is C=CCCCN1CCNCC1C(=O)O. The van der Waals surface area contributed by atoms with Crippen molar-refractivity contribution in [2.75, 3.05) is 26.2 Å². The van der Waals surface area contributed by atoms with Crippen molar-refractivity contribution in [2.24, 2.45) is 0 Å². The third kappa shape index (κ3) is 3.12. The maximum absolute atomic E-state index is 10.9. The predicted molar refractivity (Wildman–Crippen MR) is 55.3 cm³/mol. The van der Waals surface area contributed by atoms with Gasteiger partial charge >= 0.3 is 5.97 Å². The lowest BCUT2D eigenvalue weighted by Crippen LogP contribution is -2.55. The van der Waals surface area contributed by atoms with Crippen LogP contribution in [0.5, 0.6) is 0 Å². The van der Waals surface area contributed by atoms with Gasteiger partial charge in [0.25, 0.3) is 0 Å². The normalized spacial score (nSPS) is 23.3. The van der Waals surface area contributed by atoms with Gasteiger partial charge in [-0.3, -0.25) is 9.69 Å². The molecule has 1 heterocycles. The molecule has 0 aromatic heterocycles. The molecule has 0 radical (unpaired) electrons. The zero-order valence-corrected chi connectivity index (χ0v) is 8.41. The summed E-state index contributed by atoms with van der Waals surface area (Å²) in [5.41, 5.74) is 0. The van der Waals surface area contributed by atoms with Crippen LogP contribution >= 0.6 is 0 Å². The monoisotopic (exact) mass is 198 g/mol. The van der Waals surface area contributed by atoms with E-state index in [1.54, 1.807) is 0 Å². The third-order valence-electron chi connectivity index (χ3n) is 2.49. The van der Waals surface area contributed by atoms with Crippen LogP contribution in [0.2, 0.25) is 0 Å². The molecule has 14 heavy (non-hydrogen) atoms. The van der Waals surface area contributed by atoms with Gasteiger partial charge in [0.1, 0.15) is 6.04 Å². The Morgan fingerprint density at radius 1 is 1.71 bits per heavy atom. The molecule has 1 unspecified atom stereocenters. The van der Waals surface area contributed by atoms with Crippen LogP contribution in [0.15, 0.2) is 12.7 Å². The summed E-state index contributed by atoms with van der Waals surface area (Å²) in [6.45, 7) is 6.78.